The Kier molecular flexibility index (Phi) is 4.43. The molecule has 0 spiro atoms. The van der Waals surface area contributed by atoms with Gasteiger partial charge in [0.15, 0.2) is 9.84 Å². The van der Waals surface area contributed by atoms with Gasteiger partial charge in [0.25, 0.3) is 0 Å². The average molecular weight is 321 g/mol. The molecule has 1 heterocycles. The van der Waals surface area contributed by atoms with Crippen LogP contribution in [0.15, 0.2) is 24.3 Å². The fraction of sp³-hybridized carbons (Fsp3) is 0.417. The number of alkyl halides is 2. The zero-order valence-electron chi connectivity index (χ0n) is 10.7. The number of carboxylic acids is 1. The molecule has 0 radical (unpaired) electrons. The average Bonchev–Trinajstić information content (AvgIpc) is 2.36. The van der Waals surface area contributed by atoms with E-state index in [-0.39, 0.29) is 17.1 Å². The van der Waals surface area contributed by atoms with Crippen LogP contribution in [-0.4, -0.2) is 43.7 Å². The topological polar surface area (TPSA) is 92.7 Å². The molecule has 9 heteroatoms. The van der Waals surface area contributed by atoms with Crippen LogP contribution in [0, 0.1) is 0 Å². The van der Waals surface area contributed by atoms with Crippen molar-refractivity contribution in [3.8, 4) is 5.75 Å². The number of ether oxygens (including phenoxy) is 1. The number of hydrogen-bond acceptors (Lipinski definition) is 5. The van der Waals surface area contributed by atoms with Crippen molar-refractivity contribution in [2.45, 2.75) is 18.7 Å². The normalized spacial score (nSPS) is 24.7. The fourth-order valence-electron chi connectivity index (χ4n) is 2.21. The molecular weight excluding hydrogens is 308 g/mol. The van der Waals surface area contributed by atoms with Gasteiger partial charge in [0, 0.05) is 5.56 Å². The quantitative estimate of drug-likeness (QED) is 0.852. The molecule has 0 aliphatic carbocycles. The van der Waals surface area contributed by atoms with Crippen molar-refractivity contribution in [1.82, 2.24) is 5.32 Å². The maximum absolute atomic E-state index is 12.4. The molecule has 1 aliphatic rings. The van der Waals surface area contributed by atoms with Crippen LogP contribution in [0.3, 0.4) is 0 Å². The van der Waals surface area contributed by atoms with Crippen molar-refractivity contribution in [2.75, 3.05) is 11.5 Å². The van der Waals surface area contributed by atoms with E-state index >= 15 is 0 Å². The maximum Gasteiger partial charge on any atom is 0.387 e. The van der Waals surface area contributed by atoms with Gasteiger partial charge in [-0.05, 0) is 6.07 Å². The minimum absolute atomic E-state index is 0.175. The molecule has 1 fully saturated rings. The van der Waals surface area contributed by atoms with Crippen LogP contribution in [0.25, 0.3) is 0 Å². The third-order valence-electron chi connectivity index (χ3n) is 3.05. The highest BCUT2D eigenvalue weighted by molar-refractivity contribution is 7.91. The Bertz CT molecular complexity index is 634. The van der Waals surface area contributed by atoms with Crippen LogP contribution in [0.1, 0.15) is 11.6 Å². The number of hydrogen-bond donors (Lipinski definition) is 2. The van der Waals surface area contributed by atoms with Crippen molar-refractivity contribution in [3.63, 3.8) is 0 Å². The Balaban J connectivity index is 2.34. The lowest BCUT2D eigenvalue weighted by Gasteiger charge is -2.29. The minimum Gasteiger partial charge on any atom is -0.480 e. The summed E-state index contributed by atoms with van der Waals surface area (Å²) in [6.07, 6.45) is 0. The lowest BCUT2D eigenvalue weighted by Crippen LogP contribution is -2.51. The first-order valence-corrected chi connectivity index (χ1v) is 7.83. The predicted octanol–water partition coefficient (Wildman–Crippen LogP) is 0.800. The second-order valence-corrected chi connectivity index (χ2v) is 6.76. The number of halogens is 2. The summed E-state index contributed by atoms with van der Waals surface area (Å²) in [7, 11) is -3.61. The number of benzene rings is 1. The summed E-state index contributed by atoms with van der Waals surface area (Å²) in [5.74, 6) is -2.39. The van der Waals surface area contributed by atoms with Gasteiger partial charge < -0.3 is 9.84 Å². The van der Waals surface area contributed by atoms with Crippen molar-refractivity contribution >= 4 is 15.8 Å². The lowest BCUT2D eigenvalue weighted by molar-refractivity contribution is -0.139. The Labute approximate surface area is 119 Å². The van der Waals surface area contributed by atoms with E-state index in [0.717, 1.165) is 0 Å². The second kappa shape index (κ2) is 5.94. The number of para-hydroxylation sites is 1. The van der Waals surface area contributed by atoms with Gasteiger partial charge in [0.1, 0.15) is 11.8 Å². The molecule has 2 unspecified atom stereocenters. The molecule has 116 valence electrons. The smallest absolute Gasteiger partial charge is 0.387 e. The van der Waals surface area contributed by atoms with Crippen LogP contribution in [0.5, 0.6) is 5.75 Å². The molecule has 0 aromatic heterocycles. The van der Waals surface area contributed by atoms with Gasteiger partial charge in [-0.15, -0.1) is 0 Å². The van der Waals surface area contributed by atoms with E-state index in [4.69, 9.17) is 5.11 Å². The summed E-state index contributed by atoms with van der Waals surface area (Å²) >= 11 is 0. The molecule has 0 bridgehead atoms. The van der Waals surface area contributed by atoms with Gasteiger partial charge in [0.05, 0.1) is 17.5 Å². The van der Waals surface area contributed by atoms with Gasteiger partial charge in [-0.1, -0.05) is 18.2 Å². The fourth-order valence-corrected chi connectivity index (χ4v) is 3.88. The zero-order valence-corrected chi connectivity index (χ0v) is 11.5. The van der Waals surface area contributed by atoms with Crippen LogP contribution in [0.4, 0.5) is 8.78 Å². The van der Waals surface area contributed by atoms with Gasteiger partial charge in [-0.25, -0.2) is 8.42 Å². The highest BCUT2D eigenvalue weighted by Crippen LogP contribution is 2.30. The van der Waals surface area contributed by atoms with Crippen LogP contribution in [-0.2, 0) is 14.6 Å². The molecule has 2 N–H and O–H groups in total. The number of aliphatic carboxylic acids is 1. The molecule has 6 nitrogen and oxygen atoms in total. The first-order chi connectivity index (χ1) is 9.78. The first-order valence-electron chi connectivity index (χ1n) is 6.01. The van der Waals surface area contributed by atoms with Crippen molar-refractivity contribution in [1.29, 1.82) is 0 Å². The standard InChI is InChI=1S/C12H13F2NO5S/c13-12(14)20-10-4-2-1-3-7(10)8-5-21(18,19)6-9(15-8)11(16)17/h1-4,8-9,12,15H,5-6H2,(H,16,17). The molecule has 1 saturated heterocycles. The number of carbonyl (C=O) groups is 1. The summed E-state index contributed by atoms with van der Waals surface area (Å²) in [5, 5.41) is 11.6. The maximum atomic E-state index is 12.4. The number of carboxylic acid groups (broad SMARTS) is 1. The lowest BCUT2D eigenvalue weighted by atomic mass is 10.1. The van der Waals surface area contributed by atoms with Gasteiger partial charge >= 0.3 is 12.6 Å². The molecule has 1 aliphatic heterocycles. The third-order valence-corrected chi connectivity index (χ3v) is 4.73. The summed E-state index contributed by atoms with van der Waals surface area (Å²) < 4.78 is 52.7. The second-order valence-electron chi connectivity index (χ2n) is 4.60. The van der Waals surface area contributed by atoms with E-state index in [1.807, 2.05) is 0 Å². The molecule has 2 atom stereocenters. The molecule has 2 rings (SSSR count). The van der Waals surface area contributed by atoms with Crippen molar-refractivity contribution in [3.05, 3.63) is 29.8 Å². The van der Waals surface area contributed by atoms with E-state index in [1.165, 1.54) is 24.3 Å². The largest absolute Gasteiger partial charge is 0.480 e. The van der Waals surface area contributed by atoms with Crippen molar-refractivity contribution < 1.29 is 31.8 Å². The Morgan fingerprint density at radius 2 is 2.00 bits per heavy atom. The highest BCUT2D eigenvalue weighted by Gasteiger charge is 2.36. The molecule has 1 aromatic rings. The third kappa shape index (κ3) is 3.88. The summed E-state index contributed by atoms with van der Waals surface area (Å²) in [6.45, 7) is -3.05. The zero-order chi connectivity index (χ0) is 15.6. The Morgan fingerprint density at radius 3 is 2.62 bits per heavy atom. The summed E-state index contributed by atoms with van der Waals surface area (Å²) in [4.78, 5) is 11.0. The molecular formula is C12H13F2NO5S. The molecule has 0 saturated carbocycles. The van der Waals surface area contributed by atoms with Gasteiger partial charge in [-0.3, -0.25) is 10.1 Å². The van der Waals surface area contributed by atoms with Crippen LogP contribution in [0.2, 0.25) is 0 Å². The van der Waals surface area contributed by atoms with E-state index in [1.54, 1.807) is 0 Å². The van der Waals surface area contributed by atoms with E-state index in [9.17, 15) is 22.0 Å². The van der Waals surface area contributed by atoms with Gasteiger partial charge in [0.2, 0.25) is 0 Å². The van der Waals surface area contributed by atoms with Crippen molar-refractivity contribution in [2.24, 2.45) is 0 Å². The SMILES string of the molecule is O=C(O)C1CS(=O)(=O)CC(c2ccccc2OC(F)F)N1. The summed E-state index contributed by atoms with van der Waals surface area (Å²) in [6, 6.07) is 3.50. The summed E-state index contributed by atoms with van der Waals surface area (Å²) in [5.41, 5.74) is 0.187. The monoisotopic (exact) mass is 321 g/mol. The molecule has 21 heavy (non-hydrogen) atoms. The minimum atomic E-state index is -3.61. The van der Waals surface area contributed by atoms with E-state index in [2.05, 4.69) is 10.1 Å². The van der Waals surface area contributed by atoms with Crippen LogP contribution < -0.4 is 10.1 Å². The number of sulfone groups is 1. The van der Waals surface area contributed by atoms with E-state index in [0.29, 0.717) is 0 Å². The van der Waals surface area contributed by atoms with Crippen LogP contribution >= 0.6 is 0 Å². The first kappa shape index (κ1) is 15.6. The Morgan fingerprint density at radius 1 is 1.33 bits per heavy atom. The number of nitrogens with one attached hydrogen (secondary N) is 1. The van der Waals surface area contributed by atoms with Gasteiger partial charge in [-0.2, -0.15) is 8.78 Å². The predicted molar refractivity (Wildman–Crippen MR) is 69.0 cm³/mol. The highest BCUT2D eigenvalue weighted by atomic mass is 32.2. The van der Waals surface area contributed by atoms with E-state index < -0.39 is 40.3 Å². The molecule has 1 aromatic carbocycles. The Hall–Kier alpha value is -1.74. The number of rotatable bonds is 4. The molecule has 0 amide bonds.